The van der Waals surface area contributed by atoms with Crippen molar-refractivity contribution in [3.05, 3.63) is 340 Å². The average Bonchev–Trinajstić information content (AvgIpc) is 0.792. The second-order valence-electron chi connectivity index (χ2n) is 24.2. The van der Waals surface area contributed by atoms with E-state index in [0.29, 0.717) is 54.1 Å². The van der Waals surface area contributed by atoms with Crippen LogP contribution < -0.4 is 0 Å². The van der Waals surface area contributed by atoms with Crippen LogP contribution in [0.1, 0.15) is 33.4 Å². The Hall–Kier alpha value is -9.87. The van der Waals surface area contributed by atoms with Crippen molar-refractivity contribution in [3.63, 3.8) is 0 Å². The van der Waals surface area contributed by atoms with Crippen LogP contribution in [0.3, 0.4) is 0 Å². The molecule has 0 aromatic heterocycles. The van der Waals surface area contributed by atoms with E-state index in [1.54, 1.807) is 48.2 Å². The lowest BCUT2D eigenvalue weighted by atomic mass is 9.95. The van der Waals surface area contributed by atoms with Gasteiger partial charge in [-0.15, -0.1) is 0 Å². The smallest absolute Gasteiger partial charge is 0.258 e. The van der Waals surface area contributed by atoms with E-state index < -0.39 is 63.9 Å². The number of aryl methyl sites for hydroxylation is 2. The molecule has 0 aliphatic rings. The van der Waals surface area contributed by atoms with Crippen LogP contribution in [-0.4, -0.2) is 29.5 Å². The Kier molecular flexibility index (Phi) is 26.5. The van der Waals surface area contributed by atoms with E-state index >= 15 is 8.78 Å². The van der Waals surface area contributed by atoms with Crippen LogP contribution >= 0.6 is 128 Å². The van der Waals surface area contributed by atoms with Gasteiger partial charge in [-0.1, -0.05) is 140 Å². The molecule has 0 unspecified atom stereocenters. The van der Waals surface area contributed by atoms with E-state index in [9.17, 15) is 69.5 Å². The molecule has 0 N–H and O–H groups in total. The molecule has 111 heavy (non-hydrogen) atoms. The Morgan fingerprint density at radius 2 is 0.441 bits per heavy atom. The highest BCUT2D eigenvalue weighted by atomic mass is 35.5. The van der Waals surface area contributed by atoms with Gasteiger partial charge in [0.25, 0.3) is 34.1 Å². The lowest BCUT2D eigenvalue weighted by Gasteiger charge is -2.18. The van der Waals surface area contributed by atoms with Crippen molar-refractivity contribution in [2.75, 3.05) is 0 Å². The molecule has 33 heteroatoms. The van der Waals surface area contributed by atoms with Crippen molar-refractivity contribution in [2.45, 2.75) is 70.9 Å². The minimum atomic E-state index is -1.13. The number of nitrogens with zero attached hydrogens (tertiary/aromatic N) is 6. The molecular formula is C78H48Cl8F4N6O12S3. The van der Waals surface area contributed by atoms with E-state index in [4.69, 9.17) is 92.8 Å². The van der Waals surface area contributed by atoms with Crippen molar-refractivity contribution in [3.8, 4) is 66.8 Å². The maximum atomic E-state index is 15.4. The van der Waals surface area contributed by atoms with Crippen molar-refractivity contribution in [1.29, 1.82) is 0 Å². The zero-order valence-corrected chi connectivity index (χ0v) is 66.2. The molecule has 0 fully saturated rings. The highest BCUT2D eigenvalue weighted by Gasteiger charge is 2.28. The summed E-state index contributed by atoms with van der Waals surface area (Å²) < 4.78 is 60.1. The van der Waals surface area contributed by atoms with Gasteiger partial charge in [0.15, 0.2) is 0 Å². The molecule has 0 heterocycles. The monoisotopic (exact) mass is 1710 g/mol. The van der Waals surface area contributed by atoms with Crippen molar-refractivity contribution >= 4 is 162 Å². The minimum Gasteiger partial charge on any atom is -0.258 e. The molecular weight excluding hydrogens is 1670 g/mol. The zero-order valence-electron chi connectivity index (χ0n) is 57.7. The summed E-state index contributed by atoms with van der Waals surface area (Å²) in [5.74, 6) is -4.29. The van der Waals surface area contributed by atoms with Crippen LogP contribution in [-0.2, 0) is 0 Å². The average molecular weight is 1720 g/mol. The number of nitro benzene ring substituents is 6. The minimum absolute atomic E-state index is 0.0534. The molecule has 0 aliphatic carbocycles. The molecule has 0 bridgehead atoms. The van der Waals surface area contributed by atoms with Gasteiger partial charge in [-0.25, -0.2) is 17.6 Å². The standard InChI is InChI=1S/C28H22Cl2N2O4S.C26H16Cl4N2O4S.C24H10Cl2F4N2O4S/c1-15-5-11-25(17(3)27(15)21-9-7-19(31(33)34)13-23(21)29)37-26-12-6-16(2)28(18(26)4)22-10-8-20(32(35)36)14-24(22)30;1-13-23(9-7-19(27)25(13)17-5-3-15(31(33)34)11-21(17)29)37-24-10-8-20(28)26(14(24)2)18-6-4-16(32(35)36)12-22(18)30;25-15-9-11(31(33)34)1-3-13(15)21-17(27)5-7-19(23(21)29)37-20-8-6-18(28)22(24(20)30)14-4-2-12(32(35)36)10-16(14)26/h5-14H,1-4H3;3-12H,1-2H3;1-10H. The fourth-order valence-electron chi connectivity index (χ4n) is 11.9. The molecule has 0 saturated heterocycles. The number of non-ortho nitro benzene ring substituents is 6. The van der Waals surface area contributed by atoms with Crippen LogP contribution in [0.15, 0.2) is 211 Å². The molecule has 0 atom stereocenters. The van der Waals surface area contributed by atoms with Gasteiger partial charge in [-0.2, -0.15) is 0 Å². The second kappa shape index (κ2) is 35.2. The Balaban J connectivity index is 0.000000177. The lowest BCUT2D eigenvalue weighted by Crippen LogP contribution is -1.97. The van der Waals surface area contributed by atoms with E-state index in [1.807, 2.05) is 65.8 Å². The molecule has 12 rings (SSSR count). The fraction of sp³-hybridized carbons (Fsp3) is 0.0769. The van der Waals surface area contributed by atoms with Crippen LogP contribution in [0.5, 0.6) is 0 Å². The number of rotatable bonds is 18. The van der Waals surface area contributed by atoms with E-state index in [1.165, 1.54) is 60.3 Å². The number of halogens is 12. The van der Waals surface area contributed by atoms with E-state index in [-0.39, 0.29) is 75.1 Å². The summed E-state index contributed by atoms with van der Waals surface area (Å²) in [4.78, 5) is 66.3. The van der Waals surface area contributed by atoms with E-state index in [0.717, 1.165) is 136 Å². The highest BCUT2D eigenvalue weighted by molar-refractivity contribution is 8.00. The molecule has 12 aromatic rings. The molecule has 0 aliphatic heterocycles. The van der Waals surface area contributed by atoms with Gasteiger partial charge < -0.3 is 0 Å². The highest BCUT2D eigenvalue weighted by Crippen LogP contribution is 2.50. The molecule has 18 nitrogen and oxygen atoms in total. The molecule has 0 radical (unpaired) electrons. The van der Waals surface area contributed by atoms with Gasteiger partial charge >= 0.3 is 0 Å². The normalized spacial score (nSPS) is 11.0. The quantitative estimate of drug-likeness (QED) is 0.0439. The van der Waals surface area contributed by atoms with Gasteiger partial charge in [0.1, 0.15) is 23.3 Å². The third kappa shape index (κ3) is 18.2. The van der Waals surface area contributed by atoms with Crippen LogP contribution in [0, 0.1) is 125 Å². The van der Waals surface area contributed by atoms with Crippen LogP contribution in [0.4, 0.5) is 51.7 Å². The Bertz CT molecular complexity index is 5000. The Morgan fingerprint density at radius 3 is 0.676 bits per heavy atom. The number of hydrogen-bond acceptors (Lipinski definition) is 15. The van der Waals surface area contributed by atoms with Gasteiger partial charge in [-0.3, -0.25) is 60.7 Å². The third-order valence-corrected chi connectivity index (χ3v) is 23.6. The zero-order chi connectivity index (χ0) is 81.0. The largest absolute Gasteiger partial charge is 0.270 e. The predicted octanol–water partition coefficient (Wildman–Crippen LogP) is 28.6. The van der Waals surface area contributed by atoms with Gasteiger partial charge in [0, 0.05) is 157 Å². The Morgan fingerprint density at radius 1 is 0.243 bits per heavy atom. The molecule has 0 amide bonds. The predicted molar refractivity (Wildman–Crippen MR) is 432 cm³/mol. The van der Waals surface area contributed by atoms with Gasteiger partial charge in [-0.05, 0) is 183 Å². The van der Waals surface area contributed by atoms with Crippen LogP contribution in [0.2, 0.25) is 40.2 Å². The maximum Gasteiger partial charge on any atom is 0.270 e. The fourth-order valence-corrected chi connectivity index (χ4v) is 17.1. The SMILES string of the molecule is Cc1c(Sc2ccc(Cl)c(-c3ccc([N+](=O)[O-])cc3Cl)c2C)ccc(Cl)c1-c1ccc([N+](=O)[O-])cc1Cl.Cc1ccc(Sc2ccc(C)c(-c3ccc([N+](=O)[O-])cc3Cl)c2C)c(C)c1-c1ccc([N+](=O)[O-])cc1Cl.O=[N+]([O-])c1ccc(-c2c(F)ccc(Sc3ccc(F)c(-c4ccc([N+](=O)[O-])cc4Cl)c3F)c2F)c(Cl)c1. The van der Waals surface area contributed by atoms with E-state index in [2.05, 4.69) is 12.1 Å². The lowest BCUT2D eigenvalue weighted by molar-refractivity contribution is -0.385. The summed E-state index contributed by atoms with van der Waals surface area (Å²) >= 11 is 54.5. The Labute approximate surface area is 681 Å². The number of benzene rings is 12. The second-order valence-corrected chi connectivity index (χ2v) is 30.7. The third-order valence-electron chi connectivity index (χ3n) is 17.3. The number of hydrogen-bond donors (Lipinski definition) is 0. The summed E-state index contributed by atoms with van der Waals surface area (Å²) in [5.41, 5.74) is 9.01. The first-order chi connectivity index (χ1) is 52.5. The number of nitro groups is 6. The van der Waals surface area contributed by atoms with Crippen molar-refractivity contribution in [1.82, 2.24) is 0 Å². The molecule has 0 saturated carbocycles. The summed E-state index contributed by atoms with van der Waals surface area (Å²) in [6.07, 6.45) is 0. The summed E-state index contributed by atoms with van der Waals surface area (Å²) in [6, 6.07) is 43.0. The first-order valence-electron chi connectivity index (χ1n) is 31.9. The first-order valence-corrected chi connectivity index (χ1v) is 37.4. The van der Waals surface area contributed by atoms with Crippen molar-refractivity contribution in [2.24, 2.45) is 0 Å². The summed E-state index contributed by atoms with van der Waals surface area (Å²) in [6.45, 7) is 11.8. The molecule has 0 spiro atoms. The summed E-state index contributed by atoms with van der Waals surface area (Å²) in [7, 11) is 0. The summed E-state index contributed by atoms with van der Waals surface area (Å²) in [5, 5.41) is 67.9. The van der Waals surface area contributed by atoms with Crippen LogP contribution in [0.25, 0.3) is 66.8 Å². The van der Waals surface area contributed by atoms with Gasteiger partial charge in [0.05, 0.1) is 70.8 Å². The first kappa shape index (κ1) is 83.6. The molecule has 564 valence electrons. The maximum absolute atomic E-state index is 15.4. The topological polar surface area (TPSA) is 259 Å². The van der Waals surface area contributed by atoms with Gasteiger partial charge in [0.2, 0.25) is 0 Å². The van der Waals surface area contributed by atoms with Crippen molar-refractivity contribution < 1.29 is 47.1 Å². The molecule has 12 aromatic carbocycles.